The zero-order valence-corrected chi connectivity index (χ0v) is 18.9. The summed E-state index contributed by atoms with van der Waals surface area (Å²) in [6.07, 6.45) is 17.1. The molecular weight excluding hydrogens is 393 g/mol. The predicted molar refractivity (Wildman–Crippen MR) is 123 cm³/mol. The van der Waals surface area contributed by atoms with E-state index in [2.05, 4.69) is 6.92 Å². The number of fused-ring (bicyclic) bond motifs is 1. The highest BCUT2D eigenvalue weighted by molar-refractivity contribution is 5.84. The highest BCUT2D eigenvalue weighted by Gasteiger charge is 2.31. The van der Waals surface area contributed by atoms with Crippen molar-refractivity contribution in [3.8, 4) is 0 Å². The van der Waals surface area contributed by atoms with Gasteiger partial charge in [0.15, 0.2) is 11.6 Å². The molecule has 2 aromatic rings. The zero-order chi connectivity index (χ0) is 21.8. The maximum Gasteiger partial charge on any atom is 0.169 e. The van der Waals surface area contributed by atoms with E-state index in [1.165, 1.54) is 82.8 Å². The quantitative estimate of drug-likeness (QED) is 0.384. The van der Waals surface area contributed by atoms with E-state index >= 15 is 0 Å². The van der Waals surface area contributed by atoms with E-state index in [9.17, 15) is 13.2 Å². The van der Waals surface area contributed by atoms with E-state index in [4.69, 9.17) is 0 Å². The highest BCUT2D eigenvalue weighted by atomic mass is 19.2. The molecule has 0 spiro atoms. The SMILES string of the molecule is CCCCCCC1CCC(C2CCC(c3cc(F)c4c(F)c(F)ccc4c3)CC2)CC1. The van der Waals surface area contributed by atoms with E-state index in [-0.39, 0.29) is 5.39 Å². The molecule has 31 heavy (non-hydrogen) atoms. The number of benzene rings is 2. The fourth-order valence-electron chi connectivity index (χ4n) is 6.34. The van der Waals surface area contributed by atoms with Gasteiger partial charge in [-0.05, 0) is 85.3 Å². The van der Waals surface area contributed by atoms with Crippen LogP contribution in [0.2, 0.25) is 0 Å². The molecule has 0 saturated heterocycles. The zero-order valence-electron chi connectivity index (χ0n) is 18.9. The maximum atomic E-state index is 14.6. The molecule has 2 aliphatic rings. The Kier molecular flexibility index (Phi) is 7.61. The number of rotatable bonds is 7. The van der Waals surface area contributed by atoms with Crippen LogP contribution in [-0.4, -0.2) is 0 Å². The predicted octanol–water partition coefficient (Wildman–Crippen LogP) is 9.31. The molecule has 0 aliphatic heterocycles. The smallest absolute Gasteiger partial charge is 0.169 e. The summed E-state index contributed by atoms with van der Waals surface area (Å²) < 4.78 is 42.1. The molecule has 0 N–H and O–H groups in total. The summed E-state index contributed by atoms with van der Waals surface area (Å²) in [6, 6.07) is 5.90. The summed E-state index contributed by atoms with van der Waals surface area (Å²) in [5.41, 5.74) is 0.949. The van der Waals surface area contributed by atoms with Crippen LogP contribution < -0.4 is 0 Å². The largest absolute Gasteiger partial charge is 0.206 e. The lowest BCUT2D eigenvalue weighted by molar-refractivity contribution is 0.155. The molecule has 0 nitrogen and oxygen atoms in total. The van der Waals surface area contributed by atoms with Gasteiger partial charge in [-0.3, -0.25) is 0 Å². The Balaban J connectivity index is 1.30. The molecule has 2 aliphatic carbocycles. The summed E-state index contributed by atoms with van der Waals surface area (Å²) >= 11 is 0. The van der Waals surface area contributed by atoms with Gasteiger partial charge < -0.3 is 0 Å². The van der Waals surface area contributed by atoms with Crippen molar-refractivity contribution in [3.63, 3.8) is 0 Å². The van der Waals surface area contributed by atoms with Crippen molar-refractivity contribution in [2.45, 2.75) is 96.3 Å². The molecule has 4 rings (SSSR count). The fraction of sp³-hybridized carbons (Fsp3) is 0.643. The van der Waals surface area contributed by atoms with Crippen molar-refractivity contribution in [3.05, 3.63) is 47.3 Å². The van der Waals surface area contributed by atoms with E-state index in [0.717, 1.165) is 42.2 Å². The van der Waals surface area contributed by atoms with Crippen LogP contribution in [0.25, 0.3) is 10.8 Å². The number of hydrogen-bond donors (Lipinski definition) is 0. The van der Waals surface area contributed by atoms with Crippen LogP contribution in [0.4, 0.5) is 13.2 Å². The highest BCUT2D eigenvalue weighted by Crippen LogP contribution is 2.45. The Labute approximate surface area is 185 Å². The second-order valence-electron chi connectivity index (χ2n) is 10.2. The molecule has 2 saturated carbocycles. The first-order valence-corrected chi connectivity index (χ1v) is 12.6. The molecule has 0 amide bonds. The van der Waals surface area contributed by atoms with Crippen LogP contribution >= 0.6 is 0 Å². The molecular formula is C28H37F3. The maximum absolute atomic E-state index is 14.6. The first kappa shape index (κ1) is 22.7. The van der Waals surface area contributed by atoms with Crippen LogP contribution in [0.15, 0.2) is 24.3 Å². The Bertz CT molecular complexity index is 858. The van der Waals surface area contributed by atoms with Crippen molar-refractivity contribution in [2.24, 2.45) is 17.8 Å². The minimum absolute atomic E-state index is 0.219. The normalized spacial score (nSPS) is 27.0. The molecule has 2 fully saturated rings. The van der Waals surface area contributed by atoms with Gasteiger partial charge in [0.2, 0.25) is 0 Å². The number of unbranched alkanes of at least 4 members (excludes halogenated alkanes) is 3. The lowest BCUT2D eigenvalue weighted by Gasteiger charge is -2.38. The molecule has 0 radical (unpaired) electrons. The minimum atomic E-state index is -1.08. The molecule has 3 heteroatoms. The van der Waals surface area contributed by atoms with Gasteiger partial charge in [-0.2, -0.15) is 0 Å². The van der Waals surface area contributed by atoms with E-state index in [1.807, 2.05) is 6.07 Å². The first-order chi connectivity index (χ1) is 15.1. The first-order valence-electron chi connectivity index (χ1n) is 12.6. The van der Waals surface area contributed by atoms with Crippen molar-refractivity contribution in [1.29, 1.82) is 0 Å². The molecule has 0 atom stereocenters. The molecule has 0 heterocycles. The Morgan fingerprint density at radius 3 is 2.10 bits per heavy atom. The topological polar surface area (TPSA) is 0 Å². The van der Waals surface area contributed by atoms with Gasteiger partial charge in [-0.15, -0.1) is 0 Å². The summed E-state index contributed by atoms with van der Waals surface area (Å²) in [7, 11) is 0. The molecule has 0 aromatic heterocycles. The van der Waals surface area contributed by atoms with Crippen LogP contribution in [-0.2, 0) is 0 Å². The monoisotopic (exact) mass is 430 g/mol. The lowest BCUT2D eigenvalue weighted by atomic mass is 9.68. The minimum Gasteiger partial charge on any atom is -0.206 e. The molecule has 0 bridgehead atoms. The number of halogens is 3. The van der Waals surface area contributed by atoms with Crippen LogP contribution in [0.1, 0.15) is 102 Å². The summed E-state index contributed by atoms with van der Waals surface area (Å²) in [5.74, 6) is 0.270. The van der Waals surface area contributed by atoms with E-state index in [0.29, 0.717) is 11.3 Å². The lowest BCUT2D eigenvalue weighted by Crippen LogP contribution is -2.25. The third-order valence-corrected chi connectivity index (χ3v) is 8.25. The third-order valence-electron chi connectivity index (χ3n) is 8.25. The second-order valence-corrected chi connectivity index (χ2v) is 10.2. The summed E-state index contributed by atoms with van der Waals surface area (Å²) in [5, 5.41) is 0.247. The van der Waals surface area contributed by atoms with Crippen molar-refractivity contribution in [1.82, 2.24) is 0 Å². The third kappa shape index (κ3) is 5.29. The number of hydrogen-bond acceptors (Lipinski definition) is 0. The average molecular weight is 431 g/mol. The standard InChI is InChI=1S/C28H37F3/c1-2-3-4-5-6-19-7-9-20(10-8-19)21-11-13-22(14-12-21)24-17-23-15-16-25(29)28(31)27(23)26(30)18-24/h15-22H,2-14H2,1H3. The fourth-order valence-corrected chi connectivity index (χ4v) is 6.34. The van der Waals surface area contributed by atoms with Gasteiger partial charge in [-0.1, -0.05) is 64.0 Å². The van der Waals surface area contributed by atoms with Gasteiger partial charge in [0.25, 0.3) is 0 Å². The second kappa shape index (κ2) is 10.4. The Morgan fingerprint density at radius 2 is 1.42 bits per heavy atom. The van der Waals surface area contributed by atoms with Crippen molar-refractivity contribution >= 4 is 10.8 Å². The van der Waals surface area contributed by atoms with Crippen LogP contribution in [0.5, 0.6) is 0 Å². The van der Waals surface area contributed by atoms with E-state index in [1.54, 1.807) is 0 Å². The van der Waals surface area contributed by atoms with Crippen LogP contribution in [0, 0.1) is 35.2 Å². The average Bonchev–Trinajstić information content (AvgIpc) is 2.79. The van der Waals surface area contributed by atoms with E-state index < -0.39 is 17.5 Å². The van der Waals surface area contributed by atoms with Gasteiger partial charge in [0.1, 0.15) is 5.82 Å². The molecule has 0 unspecified atom stereocenters. The van der Waals surface area contributed by atoms with Gasteiger partial charge in [-0.25, -0.2) is 13.2 Å². The molecule has 170 valence electrons. The van der Waals surface area contributed by atoms with Crippen molar-refractivity contribution in [2.75, 3.05) is 0 Å². The molecule has 2 aromatic carbocycles. The van der Waals surface area contributed by atoms with Crippen LogP contribution in [0.3, 0.4) is 0 Å². The summed E-state index contributed by atoms with van der Waals surface area (Å²) in [4.78, 5) is 0. The Morgan fingerprint density at radius 1 is 0.742 bits per heavy atom. The van der Waals surface area contributed by atoms with Gasteiger partial charge >= 0.3 is 0 Å². The Hall–Kier alpha value is -1.51. The summed E-state index contributed by atoms with van der Waals surface area (Å²) in [6.45, 7) is 2.28. The van der Waals surface area contributed by atoms with Gasteiger partial charge in [0.05, 0.1) is 5.39 Å². The van der Waals surface area contributed by atoms with Crippen molar-refractivity contribution < 1.29 is 13.2 Å². The van der Waals surface area contributed by atoms with Gasteiger partial charge in [0, 0.05) is 0 Å².